The van der Waals surface area contributed by atoms with Crippen LogP contribution in [-0.2, 0) is 16.6 Å². The zero-order valence-electron chi connectivity index (χ0n) is 9.06. The normalized spacial score (nSPS) is 11.7. The van der Waals surface area contributed by atoms with Gasteiger partial charge in [0.05, 0.1) is 6.26 Å². The van der Waals surface area contributed by atoms with Crippen molar-refractivity contribution in [1.29, 1.82) is 0 Å². The summed E-state index contributed by atoms with van der Waals surface area (Å²) in [5, 5.41) is 0. The Balaban J connectivity index is 2.84. The van der Waals surface area contributed by atoms with Gasteiger partial charge in [-0.3, -0.25) is 0 Å². The van der Waals surface area contributed by atoms with E-state index in [1.807, 2.05) is 24.3 Å². The van der Waals surface area contributed by atoms with Gasteiger partial charge in [-0.05, 0) is 17.7 Å². The molecule has 5 heteroatoms. The molecule has 0 N–H and O–H groups in total. The summed E-state index contributed by atoms with van der Waals surface area (Å²) in [6.45, 7) is 4.26. The van der Waals surface area contributed by atoms with Gasteiger partial charge in [-0.25, -0.2) is 8.42 Å². The van der Waals surface area contributed by atoms with Crippen molar-refractivity contribution in [3.05, 3.63) is 47.0 Å². The first kappa shape index (κ1) is 13.4. The molecule has 1 rings (SSSR count). The second kappa shape index (κ2) is 5.61. The molecule has 3 nitrogen and oxygen atoms in total. The Hall–Kier alpha value is -0.650. The first-order valence-electron chi connectivity index (χ1n) is 4.74. The van der Waals surface area contributed by atoms with Crippen molar-refractivity contribution in [2.24, 2.45) is 0 Å². The Bertz CT molecular complexity index is 453. The standard InChI is InChI=1S/C11H14BrNO2S/c1-3-8-13(16(2,14)15)9-10-4-6-11(12)7-5-10/h3-7H,1,8-9H2,2H3. The van der Waals surface area contributed by atoms with Crippen LogP contribution in [0.2, 0.25) is 0 Å². The van der Waals surface area contributed by atoms with Crippen molar-refractivity contribution in [2.75, 3.05) is 12.8 Å². The lowest BCUT2D eigenvalue weighted by molar-refractivity contribution is 0.443. The van der Waals surface area contributed by atoms with E-state index in [-0.39, 0.29) is 0 Å². The Morgan fingerprint density at radius 1 is 1.38 bits per heavy atom. The second-order valence-corrected chi connectivity index (χ2v) is 6.37. The van der Waals surface area contributed by atoms with E-state index in [1.54, 1.807) is 6.08 Å². The van der Waals surface area contributed by atoms with Crippen LogP contribution in [0.3, 0.4) is 0 Å². The summed E-state index contributed by atoms with van der Waals surface area (Å²) in [6.07, 6.45) is 2.79. The number of hydrogen-bond acceptors (Lipinski definition) is 2. The molecular formula is C11H14BrNO2S. The number of nitrogens with zero attached hydrogens (tertiary/aromatic N) is 1. The minimum Gasteiger partial charge on any atom is -0.212 e. The van der Waals surface area contributed by atoms with Gasteiger partial charge in [0, 0.05) is 17.6 Å². The van der Waals surface area contributed by atoms with Crippen LogP contribution >= 0.6 is 15.9 Å². The van der Waals surface area contributed by atoms with Crippen LogP contribution in [0.25, 0.3) is 0 Å². The van der Waals surface area contributed by atoms with Gasteiger partial charge < -0.3 is 0 Å². The summed E-state index contributed by atoms with van der Waals surface area (Å²) in [5.74, 6) is 0. The van der Waals surface area contributed by atoms with E-state index < -0.39 is 10.0 Å². The van der Waals surface area contributed by atoms with Crippen molar-refractivity contribution in [3.63, 3.8) is 0 Å². The molecule has 88 valence electrons. The Kier molecular flexibility index (Phi) is 4.70. The summed E-state index contributed by atoms with van der Waals surface area (Å²) in [7, 11) is -3.19. The van der Waals surface area contributed by atoms with Gasteiger partial charge in [0.25, 0.3) is 0 Å². The van der Waals surface area contributed by atoms with Crippen LogP contribution in [0.15, 0.2) is 41.4 Å². The third kappa shape index (κ3) is 4.08. The largest absolute Gasteiger partial charge is 0.212 e. The van der Waals surface area contributed by atoms with Crippen molar-refractivity contribution >= 4 is 26.0 Å². The van der Waals surface area contributed by atoms with E-state index >= 15 is 0 Å². The second-order valence-electron chi connectivity index (χ2n) is 3.47. The maximum Gasteiger partial charge on any atom is 0.211 e. The predicted octanol–water partition coefficient (Wildman–Crippen LogP) is 2.40. The molecule has 1 aromatic rings. The molecule has 0 aliphatic heterocycles. The molecule has 1 aromatic carbocycles. The smallest absolute Gasteiger partial charge is 0.211 e. The van der Waals surface area contributed by atoms with E-state index in [1.165, 1.54) is 10.6 Å². The number of benzene rings is 1. The van der Waals surface area contributed by atoms with Gasteiger partial charge in [-0.2, -0.15) is 4.31 Å². The third-order valence-corrected chi connectivity index (χ3v) is 3.82. The van der Waals surface area contributed by atoms with Crippen LogP contribution in [0.5, 0.6) is 0 Å². The third-order valence-electron chi connectivity index (χ3n) is 2.07. The van der Waals surface area contributed by atoms with Gasteiger partial charge in [0.2, 0.25) is 10.0 Å². The van der Waals surface area contributed by atoms with E-state index in [0.29, 0.717) is 13.1 Å². The minimum atomic E-state index is -3.19. The summed E-state index contributed by atoms with van der Waals surface area (Å²) < 4.78 is 25.3. The fraction of sp³-hybridized carbons (Fsp3) is 0.273. The highest BCUT2D eigenvalue weighted by Crippen LogP contribution is 2.13. The molecule has 0 radical (unpaired) electrons. The Labute approximate surface area is 105 Å². The molecule has 0 aliphatic carbocycles. The minimum absolute atomic E-state index is 0.328. The van der Waals surface area contributed by atoms with Crippen LogP contribution < -0.4 is 0 Å². The summed E-state index contributed by atoms with van der Waals surface area (Å²) in [4.78, 5) is 0. The van der Waals surface area contributed by atoms with Crippen molar-refractivity contribution in [1.82, 2.24) is 4.31 Å². The Morgan fingerprint density at radius 3 is 2.38 bits per heavy atom. The average Bonchev–Trinajstić information content (AvgIpc) is 2.19. The molecule has 0 bridgehead atoms. The lowest BCUT2D eigenvalue weighted by Gasteiger charge is -2.18. The van der Waals surface area contributed by atoms with E-state index in [2.05, 4.69) is 22.5 Å². The van der Waals surface area contributed by atoms with Crippen LogP contribution in [0, 0.1) is 0 Å². The Morgan fingerprint density at radius 2 is 1.94 bits per heavy atom. The molecule has 0 atom stereocenters. The summed E-state index contributed by atoms with van der Waals surface area (Å²) >= 11 is 3.33. The molecule has 0 saturated carbocycles. The zero-order chi connectivity index (χ0) is 12.2. The summed E-state index contributed by atoms with van der Waals surface area (Å²) in [6, 6.07) is 7.57. The molecule has 16 heavy (non-hydrogen) atoms. The van der Waals surface area contributed by atoms with Gasteiger partial charge in [0.1, 0.15) is 0 Å². The number of halogens is 1. The molecule has 0 spiro atoms. The molecule has 0 saturated heterocycles. The highest BCUT2D eigenvalue weighted by molar-refractivity contribution is 9.10. The molecule has 0 aromatic heterocycles. The lowest BCUT2D eigenvalue weighted by atomic mass is 10.2. The molecular weight excluding hydrogens is 290 g/mol. The average molecular weight is 304 g/mol. The maximum atomic E-state index is 11.5. The molecule has 0 unspecified atom stereocenters. The number of hydrogen-bond donors (Lipinski definition) is 0. The van der Waals surface area contributed by atoms with Crippen molar-refractivity contribution in [2.45, 2.75) is 6.54 Å². The first-order valence-corrected chi connectivity index (χ1v) is 7.38. The number of sulfonamides is 1. The quantitative estimate of drug-likeness (QED) is 0.783. The van der Waals surface area contributed by atoms with Crippen molar-refractivity contribution < 1.29 is 8.42 Å². The van der Waals surface area contributed by atoms with Crippen LogP contribution in [0.4, 0.5) is 0 Å². The first-order chi connectivity index (χ1) is 7.43. The molecule has 0 aliphatic rings. The van der Waals surface area contributed by atoms with E-state index in [9.17, 15) is 8.42 Å². The predicted molar refractivity (Wildman–Crippen MR) is 69.6 cm³/mol. The van der Waals surface area contributed by atoms with Gasteiger partial charge >= 0.3 is 0 Å². The highest BCUT2D eigenvalue weighted by Gasteiger charge is 2.14. The summed E-state index contributed by atoms with van der Waals surface area (Å²) in [5.41, 5.74) is 0.954. The number of rotatable bonds is 5. The molecule has 0 fully saturated rings. The van der Waals surface area contributed by atoms with E-state index in [4.69, 9.17) is 0 Å². The zero-order valence-corrected chi connectivity index (χ0v) is 11.5. The van der Waals surface area contributed by atoms with Crippen LogP contribution in [-0.4, -0.2) is 25.5 Å². The van der Waals surface area contributed by atoms with Gasteiger partial charge in [0.15, 0.2) is 0 Å². The molecule has 0 amide bonds. The maximum absolute atomic E-state index is 11.5. The molecule has 0 heterocycles. The van der Waals surface area contributed by atoms with Gasteiger partial charge in [-0.15, -0.1) is 6.58 Å². The van der Waals surface area contributed by atoms with Crippen molar-refractivity contribution in [3.8, 4) is 0 Å². The topological polar surface area (TPSA) is 37.4 Å². The van der Waals surface area contributed by atoms with Gasteiger partial charge in [-0.1, -0.05) is 34.1 Å². The fourth-order valence-corrected chi connectivity index (χ4v) is 2.28. The SMILES string of the molecule is C=CCN(Cc1ccc(Br)cc1)S(C)(=O)=O. The van der Waals surface area contributed by atoms with Crippen LogP contribution in [0.1, 0.15) is 5.56 Å². The van der Waals surface area contributed by atoms with E-state index in [0.717, 1.165) is 10.0 Å². The monoisotopic (exact) mass is 303 g/mol. The fourth-order valence-electron chi connectivity index (χ4n) is 1.25. The lowest BCUT2D eigenvalue weighted by Crippen LogP contribution is -2.29. The highest BCUT2D eigenvalue weighted by atomic mass is 79.9.